The summed E-state index contributed by atoms with van der Waals surface area (Å²) in [5.74, 6) is -0.193. The normalized spacial score (nSPS) is 17.9. The quantitative estimate of drug-likeness (QED) is 0.866. The van der Waals surface area contributed by atoms with Crippen molar-refractivity contribution < 1.29 is 4.79 Å². The summed E-state index contributed by atoms with van der Waals surface area (Å²) in [7, 11) is 0. The van der Waals surface area contributed by atoms with Crippen LogP contribution in [-0.4, -0.2) is 39.8 Å². The molecule has 0 bridgehead atoms. The van der Waals surface area contributed by atoms with E-state index in [1.54, 1.807) is 23.6 Å². The highest BCUT2D eigenvalue weighted by Gasteiger charge is 2.25. The van der Waals surface area contributed by atoms with Gasteiger partial charge in [-0.3, -0.25) is 9.59 Å². The van der Waals surface area contributed by atoms with Crippen LogP contribution in [0.25, 0.3) is 0 Å². The van der Waals surface area contributed by atoms with Gasteiger partial charge in [0.2, 0.25) is 5.91 Å². The molecule has 0 saturated carbocycles. The Balaban J connectivity index is 1.54. The molecule has 0 spiro atoms. The first-order valence-corrected chi connectivity index (χ1v) is 7.56. The van der Waals surface area contributed by atoms with Gasteiger partial charge >= 0.3 is 0 Å². The number of thiazole rings is 1. The molecule has 0 aromatic carbocycles. The van der Waals surface area contributed by atoms with Crippen molar-refractivity contribution in [2.45, 2.75) is 19.0 Å². The predicted molar refractivity (Wildman–Crippen MR) is 79.4 cm³/mol. The predicted octanol–water partition coefficient (Wildman–Crippen LogP) is 0.0949. The van der Waals surface area contributed by atoms with Crippen LogP contribution in [0.4, 0.5) is 5.13 Å². The Morgan fingerprint density at radius 2 is 2.38 bits per heavy atom. The molecule has 1 aliphatic rings. The molecule has 0 radical (unpaired) electrons. The lowest BCUT2D eigenvalue weighted by molar-refractivity contribution is -0.122. The summed E-state index contributed by atoms with van der Waals surface area (Å²) in [6.45, 7) is 1.58. The third kappa shape index (κ3) is 3.27. The lowest BCUT2D eigenvalue weighted by atomic mass is 10.2. The van der Waals surface area contributed by atoms with Crippen LogP contribution in [0.2, 0.25) is 0 Å². The van der Waals surface area contributed by atoms with Gasteiger partial charge in [-0.15, -0.1) is 11.3 Å². The first-order chi connectivity index (χ1) is 10.2. The monoisotopic (exact) mass is 305 g/mol. The molecule has 1 fully saturated rings. The lowest BCUT2D eigenvalue weighted by Gasteiger charge is -2.15. The zero-order valence-electron chi connectivity index (χ0n) is 11.3. The van der Waals surface area contributed by atoms with Crippen LogP contribution in [0.3, 0.4) is 0 Å². The summed E-state index contributed by atoms with van der Waals surface area (Å²) in [6, 6.07) is 3.03. The number of nitrogens with zero attached hydrogens (tertiary/aromatic N) is 4. The fourth-order valence-corrected chi connectivity index (χ4v) is 3.02. The Bertz CT molecular complexity index is 669. The maximum absolute atomic E-state index is 12.0. The standard InChI is InChI=1S/C13H15N5O2S/c19-11(9-18-12(20)2-1-4-15-18)16-10-3-6-17(8-10)13-14-5-7-21-13/h1-2,4-5,7,10H,3,6,8-9H2,(H,16,19). The van der Waals surface area contributed by atoms with Crippen LogP contribution in [0.5, 0.6) is 0 Å². The van der Waals surface area contributed by atoms with Crippen LogP contribution in [0.15, 0.2) is 34.7 Å². The molecule has 1 saturated heterocycles. The van der Waals surface area contributed by atoms with E-state index in [0.29, 0.717) is 0 Å². The van der Waals surface area contributed by atoms with Gasteiger partial charge in [0.1, 0.15) is 6.54 Å². The third-order valence-corrected chi connectivity index (χ3v) is 4.15. The Morgan fingerprint density at radius 3 is 3.14 bits per heavy atom. The average molecular weight is 305 g/mol. The maximum atomic E-state index is 12.0. The minimum Gasteiger partial charge on any atom is -0.350 e. The fourth-order valence-electron chi connectivity index (χ4n) is 2.34. The number of hydrogen-bond donors (Lipinski definition) is 1. The van der Waals surface area contributed by atoms with E-state index < -0.39 is 0 Å². The minimum atomic E-state index is -0.275. The van der Waals surface area contributed by atoms with Gasteiger partial charge in [0.15, 0.2) is 5.13 Å². The summed E-state index contributed by atoms with van der Waals surface area (Å²) in [5.41, 5.74) is -0.275. The van der Waals surface area contributed by atoms with Crippen LogP contribution in [0.1, 0.15) is 6.42 Å². The third-order valence-electron chi connectivity index (χ3n) is 3.32. The summed E-state index contributed by atoms with van der Waals surface area (Å²) in [5, 5.41) is 9.73. The van der Waals surface area contributed by atoms with Crippen molar-refractivity contribution in [2.24, 2.45) is 0 Å². The van der Waals surface area contributed by atoms with Crippen LogP contribution in [0, 0.1) is 0 Å². The molecule has 3 heterocycles. The molecule has 3 rings (SSSR count). The molecule has 1 unspecified atom stereocenters. The maximum Gasteiger partial charge on any atom is 0.267 e. The van der Waals surface area contributed by atoms with E-state index in [1.165, 1.54) is 12.3 Å². The van der Waals surface area contributed by atoms with Crippen molar-refractivity contribution in [1.29, 1.82) is 0 Å². The Labute approximate surface area is 125 Å². The van der Waals surface area contributed by atoms with Gasteiger partial charge in [0, 0.05) is 43.0 Å². The first kappa shape index (κ1) is 13.7. The van der Waals surface area contributed by atoms with Crippen molar-refractivity contribution in [3.05, 3.63) is 40.3 Å². The zero-order valence-corrected chi connectivity index (χ0v) is 12.1. The van der Waals surface area contributed by atoms with Crippen molar-refractivity contribution >= 4 is 22.4 Å². The topological polar surface area (TPSA) is 80.1 Å². The molecule has 2 aromatic rings. The molecule has 0 aliphatic carbocycles. The smallest absolute Gasteiger partial charge is 0.267 e. The summed E-state index contributed by atoms with van der Waals surface area (Å²) < 4.78 is 1.16. The largest absolute Gasteiger partial charge is 0.350 e. The number of rotatable bonds is 4. The van der Waals surface area contributed by atoms with E-state index in [1.807, 2.05) is 5.38 Å². The number of anilines is 1. The van der Waals surface area contributed by atoms with E-state index in [-0.39, 0.29) is 24.1 Å². The van der Waals surface area contributed by atoms with Gasteiger partial charge in [0.05, 0.1) is 0 Å². The summed E-state index contributed by atoms with van der Waals surface area (Å²) in [4.78, 5) is 29.9. The van der Waals surface area contributed by atoms with Gasteiger partial charge < -0.3 is 10.2 Å². The highest BCUT2D eigenvalue weighted by Crippen LogP contribution is 2.22. The van der Waals surface area contributed by atoms with E-state index in [2.05, 4.69) is 20.3 Å². The van der Waals surface area contributed by atoms with Gasteiger partial charge in [-0.1, -0.05) is 0 Å². The van der Waals surface area contributed by atoms with E-state index in [0.717, 1.165) is 29.3 Å². The van der Waals surface area contributed by atoms with Crippen LogP contribution in [-0.2, 0) is 11.3 Å². The molecule has 110 valence electrons. The molecule has 2 aromatic heterocycles. The van der Waals surface area contributed by atoms with E-state index >= 15 is 0 Å². The van der Waals surface area contributed by atoms with Crippen LogP contribution >= 0.6 is 11.3 Å². The Kier molecular flexibility index (Phi) is 3.96. The Morgan fingerprint density at radius 1 is 1.48 bits per heavy atom. The number of amides is 1. The molecule has 8 heteroatoms. The van der Waals surface area contributed by atoms with Crippen molar-refractivity contribution in [2.75, 3.05) is 18.0 Å². The summed E-state index contributed by atoms with van der Waals surface area (Å²) >= 11 is 1.59. The van der Waals surface area contributed by atoms with Crippen molar-refractivity contribution in [3.63, 3.8) is 0 Å². The molecule has 21 heavy (non-hydrogen) atoms. The number of nitrogens with one attached hydrogen (secondary N) is 1. The van der Waals surface area contributed by atoms with E-state index in [4.69, 9.17) is 0 Å². The van der Waals surface area contributed by atoms with Crippen molar-refractivity contribution in [1.82, 2.24) is 20.1 Å². The number of carbonyl (C=O) groups excluding carboxylic acids is 1. The lowest BCUT2D eigenvalue weighted by Crippen LogP contribution is -2.40. The molecule has 1 amide bonds. The second-order valence-electron chi connectivity index (χ2n) is 4.83. The summed E-state index contributed by atoms with van der Waals surface area (Å²) in [6.07, 6.45) is 4.15. The fraction of sp³-hybridized carbons (Fsp3) is 0.385. The molecule has 1 aliphatic heterocycles. The van der Waals surface area contributed by atoms with Gasteiger partial charge in [-0.2, -0.15) is 5.10 Å². The second-order valence-corrected chi connectivity index (χ2v) is 5.71. The molecular formula is C13H15N5O2S. The minimum absolute atomic E-state index is 0.0482. The molecule has 1 atom stereocenters. The number of hydrogen-bond acceptors (Lipinski definition) is 6. The van der Waals surface area contributed by atoms with Crippen molar-refractivity contribution in [3.8, 4) is 0 Å². The molecule has 1 N–H and O–H groups in total. The van der Waals surface area contributed by atoms with Gasteiger partial charge in [0.25, 0.3) is 5.56 Å². The second kappa shape index (κ2) is 6.04. The van der Waals surface area contributed by atoms with E-state index in [9.17, 15) is 9.59 Å². The first-order valence-electron chi connectivity index (χ1n) is 6.68. The molecule has 7 nitrogen and oxygen atoms in total. The molecular weight excluding hydrogens is 290 g/mol. The number of aromatic nitrogens is 3. The SMILES string of the molecule is O=C(Cn1ncccc1=O)NC1CCN(c2nccs2)C1. The average Bonchev–Trinajstić information content (AvgIpc) is 3.12. The van der Waals surface area contributed by atoms with Gasteiger partial charge in [-0.25, -0.2) is 9.67 Å². The highest BCUT2D eigenvalue weighted by molar-refractivity contribution is 7.13. The van der Waals surface area contributed by atoms with Crippen LogP contribution < -0.4 is 15.8 Å². The zero-order chi connectivity index (χ0) is 14.7. The van der Waals surface area contributed by atoms with Gasteiger partial charge in [-0.05, 0) is 12.5 Å². The Hall–Kier alpha value is -2.22. The highest BCUT2D eigenvalue weighted by atomic mass is 32.1. The number of carbonyl (C=O) groups is 1.